The van der Waals surface area contributed by atoms with Crippen molar-refractivity contribution in [2.45, 2.75) is 45.8 Å². The first-order valence-electron chi connectivity index (χ1n) is 4.84. The lowest BCUT2D eigenvalue weighted by molar-refractivity contribution is -0.765. The van der Waals surface area contributed by atoms with E-state index in [9.17, 15) is 4.79 Å². The molecule has 78 valence electrons. The predicted molar refractivity (Wildman–Crippen MR) is 50.4 cm³/mol. The maximum Gasteiger partial charge on any atom is 0.368 e. The minimum atomic E-state index is -0.717. The van der Waals surface area contributed by atoms with Crippen LogP contribution in [0.4, 0.5) is 0 Å². The van der Waals surface area contributed by atoms with Gasteiger partial charge in [0.05, 0.1) is 12.1 Å². The van der Waals surface area contributed by atoms with Gasteiger partial charge in [-0.05, 0) is 27.7 Å². The molecule has 0 saturated heterocycles. The van der Waals surface area contributed by atoms with Gasteiger partial charge in [-0.2, -0.15) is 0 Å². The molecule has 0 aromatic carbocycles. The standard InChI is InChI=1S/C9H20N2O2/c1-6(2)10-5-8(9(12)13)11-7(3)4/h6-8,10-11H,5H2,1-4H3,(H,12,13)/p+2. The number of aliphatic carboxylic acids is 1. The van der Waals surface area contributed by atoms with Crippen LogP contribution < -0.4 is 10.6 Å². The van der Waals surface area contributed by atoms with Crippen LogP contribution in [0.25, 0.3) is 0 Å². The molecule has 4 heteroatoms. The molecule has 0 amide bonds. The van der Waals surface area contributed by atoms with Crippen molar-refractivity contribution in [1.82, 2.24) is 0 Å². The molecular weight excluding hydrogens is 168 g/mol. The minimum Gasteiger partial charge on any atom is -0.477 e. The van der Waals surface area contributed by atoms with Crippen molar-refractivity contribution in [3.63, 3.8) is 0 Å². The number of carboxylic acids is 1. The molecule has 0 spiro atoms. The molecule has 5 N–H and O–H groups in total. The SMILES string of the molecule is CC(C)[NH2+]CC([NH2+]C(C)C)C(=O)O. The molecule has 0 aromatic rings. The van der Waals surface area contributed by atoms with E-state index >= 15 is 0 Å². The molecule has 1 unspecified atom stereocenters. The van der Waals surface area contributed by atoms with Gasteiger partial charge in [-0.3, -0.25) is 0 Å². The molecule has 0 radical (unpaired) electrons. The second-order valence-corrected chi connectivity index (χ2v) is 4.10. The van der Waals surface area contributed by atoms with Gasteiger partial charge in [-0.15, -0.1) is 0 Å². The lowest BCUT2D eigenvalue weighted by Gasteiger charge is -2.13. The topological polar surface area (TPSA) is 70.5 Å². The number of carbonyl (C=O) groups is 1. The predicted octanol–water partition coefficient (Wildman–Crippen LogP) is -1.62. The molecule has 0 aliphatic heterocycles. The zero-order valence-electron chi connectivity index (χ0n) is 8.95. The molecule has 0 saturated carbocycles. The van der Waals surface area contributed by atoms with E-state index in [4.69, 9.17) is 5.11 Å². The Hall–Kier alpha value is -0.610. The molecule has 0 aliphatic rings. The quantitative estimate of drug-likeness (QED) is 0.471. The maximum atomic E-state index is 10.8. The van der Waals surface area contributed by atoms with Gasteiger partial charge >= 0.3 is 5.97 Å². The summed E-state index contributed by atoms with van der Waals surface area (Å²) in [6.07, 6.45) is 0. The Balaban J connectivity index is 3.88. The highest BCUT2D eigenvalue weighted by Crippen LogP contribution is 1.74. The van der Waals surface area contributed by atoms with Crippen LogP contribution in [0.2, 0.25) is 0 Å². The maximum absolute atomic E-state index is 10.8. The van der Waals surface area contributed by atoms with E-state index in [0.29, 0.717) is 18.6 Å². The molecule has 0 aromatic heterocycles. The second-order valence-electron chi connectivity index (χ2n) is 4.10. The van der Waals surface area contributed by atoms with Gasteiger partial charge in [0.1, 0.15) is 6.54 Å². The van der Waals surface area contributed by atoms with Crippen LogP contribution in [0.1, 0.15) is 27.7 Å². The summed E-state index contributed by atoms with van der Waals surface area (Å²) >= 11 is 0. The van der Waals surface area contributed by atoms with Crippen molar-refractivity contribution < 1.29 is 20.5 Å². The average Bonchev–Trinajstić information content (AvgIpc) is 1.96. The van der Waals surface area contributed by atoms with Crippen LogP contribution in [0, 0.1) is 0 Å². The molecule has 0 aliphatic carbocycles. The van der Waals surface area contributed by atoms with Crippen molar-refractivity contribution >= 4 is 5.97 Å². The Morgan fingerprint density at radius 1 is 1.23 bits per heavy atom. The molecule has 0 bridgehead atoms. The number of quaternary nitrogens is 2. The van der Waals surface area contributed by atoms with Gasteiger partial charge in [-0.25, -0.2) is 4.79 Å². The number of carboxylic acid groups (broad SMARTS) is 1. The first kappa shape index (κ1) is 12.4. The normalized spacial score (nSPS) is 13.7. The summed E-state index contributed by atoms with van der Waals surface area (Å²) in [6, 6.07) is 0.478. The first-order valence-corrected chi connectivity index (χ1v) is 4.84. The molecule has 0 rings (SSSR count). The summed E-state index contributed by atoms with van der Waals surface area (Å²) in [5.74, 6) is -0.717. The fraction of sp³-hybridized carbons (Fsp3) is 0.889. The third kappa shape index (κ3) is 6.54. The largest absolute Gasteiger partial charge is 0.477 e. The summed E-state index contributed by atoms with van der Waals surface area (Å²) in [5.41, 5.74) is 0. The van der Waals surface area contributed by atoms with Crippen molar-refractivity contribution in [3.05, 3.63) is 0 Å². The zero-order valence-corrected chi connectivity index (χ0v) is 8.95. The highest BCUT2D eigenvalue weighted by atomic mass is 16.4. The van der Waals surface area contributed by atoms with Gasteiger partial charge in [0.25, 0.3) is 0 Å². The van der Waals surface area contributed by atoms with Gasteiger partial charge in [-0.1, -0.05) is 0 Å². The summed E-state index contributed by atoms with van der Waals surface area (Å²) in [6.45, 7) is 8.78. The lowest BCUT2D eigenvalue weighted by Crippen LogP contribution is -3.04. The summed E-state index contributed by atoms with van der Waals surface area (Å²) in [7, 11) is 0. The summed E-state index contributed by atoms with van der Waals surface area (Å²) < 4.78 is 0. The van der Waals surface area contributed by atoms with Gasteiger partial charge < -0.3 is 15.7 Å². The van der Waals surface area contributed by atoms with Crippen molar-refractivity contribution in [3.8, 4) is 0 Å². The summed E-state index contributed by atoms with van der Waals surface area (Å²) in [5, 5.41) is 12.8. The van der Waals surface area contributed by atoms with Crippen molar-refractivity contribution in [2.75, 3.05) is 6.54 Å². The molecule has 0 heterocycles. The van der Waals surface area contributed by atoms with Gasteiger partial charge in [0.15, 0.2) is 0 Å². The van der Waals surface area contributed by atoms with E-state index in [1.807, 2.05) is 19.2 Å². The third-order valence-corrected chi connectivity index (χ3v) is 1.80. The van der Waals surface area contributed by atoms with E-state index in [-0.39, 0.29) is 6.04 Å². The van der Waals surface area contributed by atoms with E-state index in [0.717, 1.165) is 0 Å². The number of hydrogen-bond donors (Lipinski definition) is 3. The van der Waals surface area contributed by atoms with Crippen molar-refractivity contribution in [2.24, 2.45) is 0 Å². The zero-order chi connectivity index (χ0) is 10.4. The highest BCUT2D eigenvalue weighted by Gasteiger charge is 2.24. The Bertz CT molecular complexity index is 158. The fourth-order valence-electron chi connectivity index (χ4n) is 1.15. The molecular formula is C9H22N2O2+2. The van der Waals surface area contributed by atoms with E-state index in [2.05, 4.69) is 19.2 Å². The van der Waals surface area contributed by atoms with Crippen LogP contribution >= 0.6 is 0 Å². The Morgan fingerprint density at radius 3 is 2.08 bits per heavy atom. The van der Waals surface area contributed by atoms with Crippen molar-refractivity contribution in [1.29, 1.82) is 0 Å². The van der Waals surface area contributed by atoms with E-state index in [1.54, 1.807) is 0 Å². The highest BCUT2D eigenvalue weighted by molar-refractivity contribution is 5.71. The minimum absolute atomic E-state index is 0.317. The smallest absolute Gasteiger partial charge is 0.368 e. The summed E-state index contributed by atoms with van der Waals surface area (Å²) in [4.78, 5) is 10.8. The fourth-order valence-corrected chi connectivity index (χ4v) is 1.15. The van der Waals surface area contributed by atoms with E-state index in [1.165, 1.54) is 0 Å². The first-order chi connectivity index (χ1) is 5.93. The van der Waals surface area contributed by atoms with Crippen LogP contribution in [0.15, 0.2) is 0 Å². The molecule has 1 atom stereocenters. The Kier molecular flexibility index (Phi) is 5.66. The average molecular weight is 190 g/mol. The number of nitrogens with two attached hydrogens (primary N) is 2. The molecule has 4 nitrogen and oxygen atoms in total. The van der Waals surface area contributed by atoms with Crippen LogP contribution in [-0.4, -0.2) is 35.7 Å². The molecule has 13 heavy (non-hydrogen) atoms. The molecule has 0 fully saturated rings. The van der Waals surface area contributed by atoms with E-state index < -0.39 is 5.97 Å². The Labute approximate surface area is 79.7 Å². The van der Waals surface area contributed by atoms with Crippen LogP contribution in [-0.2, 0) is 4.79 Å². The van der Waals surface area contributed by atoms with Crippen LogP contribution in [0.5, 0.6) is 0 Å². The Morgan fingerprint density at radius 2 is 1.77 bits per heavy atom. The van der Waals surface area contributed by atoms with Gasteiger partial charge in [0, 0.05) is 0 Å². The second kappa shape index (κ2) is 5.94. The van der Waals surface area contributed by atoms with Crippen LogP contribution in [0.3, 0.4) is 0 Å². The number of hydrogen-bond acceptors (Lipinski definition) is 1. The number of rotatable bonds is 6. The monoisotopic (exact) mass is 190 g/mol. The third-order valence-electron chi connectivity index (χ3n) is 1.80. The van der Waals surface area contributed by atoms with Gasteiger partial charge in [0.2, 0.25) is 6.04 Å². The lowest BCUT2D eigenvalue weighted by atomic mass is 10.2.